The van der Waals surface area contributed by atoms with Crippen LogP contribution in [0.2, 0.25) is 0 Å². The molecule has 20 heavy (non-hydrogen) atoms. The quantitative estimate of drug-likeness (QED) is 0.845. The Hall–Kier alpha value is -1.62. The summed E-state index contributed by atoms with van der Waals surface area (Å²) < 4.78 is 18.9. The maximum atomic E-state index is 13.1. The number of halogens is 2. The fraction of sp³-hybridized carbons (Fsp3) is 0.267. The molecule has 0 radical (unpaired) electrons. The number of benzene rings is 1. The second-order valence-electron chi connectivity index (χ2n) is 4.87. The van der Waals surface area contributed by atoms with Crippen LogP contribution >= 0.6 is 15.9 Å². The minimum atomic E-state index is -0.363. The Balaban J connectivity index is 1.85. The van der Waals surface area contributed by atoms with E-state index in [9.17, 15) is 9.18 Å². The second kappa shape index (κ2) is 5.40. The normalized spacial score (nSPS) is 14.3. The average molecular weight is 338 g/mol. The van der Waals surface area contributed by atoms with Gasteiger partial charge in [-0.15, -0.1) is 0 Å². The predicted molar refractivity (Wildman–Crippen MR) is 75.7 cm³/mol. The summed E-state index contributed by atoms with van der Waals surface area (Å²) in [5.74, 6) is 0.289. The van der Waals surface area contributed by atoms with Crippen LogP contribution in [0.5, 0.6) is 0 Å². The molecular formula is C15H13BrFNO2. The van der Waals surface area contributed by atoms with E-state index in [-0.39, 0.29) is 17.8 Å². The first-order chi connectivity index (χ1) is 9.65. The molecule has 1 fully saturated rings. The van der Waals surface area contributed by atoms with Gasteiger partial charge in [-0.2, -0.15) is 0 Å². The van der Waals surface area contributed by atoms with Crippen molar-refractivity contribution in [2.45, 2.75) is 25.4 Å². The van der Waals surface area contributed by atoms with E-state index < -0.39 is 0 Å². The molecule has 0 aliphatic heterocycles. The zero-order chi connectivity index (χ0) is 14.1. The molecule has 0 unspecified atom stereocenters. The van der Waals surface area contributed by atoms with E-state index in [2.05, 4.69) is 15.9 Å². The Morgan fingerprint density at radius 2 is 2.20 bits per heavy atom. The molecule has 1 aromatic heterocycles. The number of hydrogen-bond acceptors (Lipinski definition) is 2. The third-order valence-electron chi connectivity index (χ3n) is 3.32. The first-order valence-electron chi connectivity index (χ1n) is 6.43. The number of rotatable bonds is 4. The summed E-state index contributed by atoms with van der Waals surface area (Å²) in [6, 6.07) is 8.03. The molecule has 104 valence electrons. The summed E-state index contributed by atoms with van der Waals surface area (Å²) in [6.45, 7) is 0.445. The van der Waals surface area contributed by atoms with Crippen molar-refractivity contribution in [2.75, 3.05) is 0 Å². The minimum Gasteiger partial charge on any atom is -0.467 e. The molecule has 2 aromatic rings. The number of carbonyl (C=O) groups is 1. The van der Waals surface area contributed by atoms with Crippen molar-refractivity contribution in [3.05, 3.63) is 58.2 Å². The van der Waals surface area contributed by atoms with Crippen LogP contribution in [0.25, 0.3) is 0 Å². The highest BCUT2D eigenvalue weighted by molar-refractivity contribution is 9.10. The van der Waals surface area contributed by atoms with Crippen LogP contribution in [-0.4, -0.2) is 16.8 Å². The van der Waals surface area contributed by atoms with Crippen LogP contribution in [0, 0.1) is 5.82 Å². The zero-order valence-corrected chi connectivity index (χ0v) is 12.3. The van der Waals surface area contributed by atoms with Crippen LogP contribution in [0.4, 0.5) is 4.39 Å². The van der Waals surface area contributed by atoms with Crippen LogP contribution in [0.1, 0.15) is 29.0 Å². The molecule has 1 aromatic carbocycles. The lowest BCUT2D eigenvalue weighted by molar-refractivity contribution is 0.0716. The molecule has 1 saturated carbocycles. The maximum absolute atomic E-state index is 13.1. The van der Waals surface area contributed by atoms with E-state index in [1.807, 2.05) is 6.07 Å². The number of amides is 1. The van der Waals surface area contributed by atoms with Gasteiger partial charge in [0.05, 0.1) is 18.4 Å². The van der Waals surface area contributed by atoms with Crippen molar-refractivity contribution in [1.82, 2.24) is 4.90 Å². The fourth-order valence-corrected chi connectivity index (χ4v) is 2.66. The Bertz CT molecular complexity index is 623. The molecule has 0 spiro atoms. The highest BCUT2D eigenvalue weighted by atomic mass is 79.9. The van der Waals surface area contributed by atoms with Crippen molar-refractivity contribution in [1.29, 1.82) is 0 Å². The van der Waals surface area contributed by atoms with Crippen molar-refractivity contribution in [3.8, 4) is 0 Å². The number of furan rings is 1. The summed E-state index contributed by atoms with van der Waals surface area (Å²) in [5, 5.41) is 0. The van der Waals surface area contributed by atoms with Crippen molar-refractivity contribution in [2.24, 2.45) is 0 Å². The van der Waals surface area contributed by atoms with Crippen LogP contribution in [-0.2, 0) is 6.54 Å². The van der Waals surface area contributed by atoms with Crippen LogP contribution in [0.15, 0.2) is 45.5 Å². The smallest absolute Gasteiger partial charge is 0.255 e. The van der Waals surface area contributed by atoms with Crippen molar-refractivity contribution >= 4 is 21.8 Å². The monoisotopic (exact) mass is 337 g/mol. The molecule has 0 N–H and O–H groups in total. The Morgan fingerprint density at radius 1 is 1.40 bits per heavy atom. The van der Waals surface area contributed by atoms with Gasteiger partial charge in [0.1, 0.15) is 11.6 Å². The lowest BCUT2D eigenvalue weighted by Gasteiger charge is -2.22. The lowest BCUT2D eigenvalue weighted by atomic mass is 10.2. The van der Waals surface area contributed by atoms with E-state index in [4.69, 9.17) is 4.42 Å². The molecule has 0 bridgehead atoms. The van der Waals surface area contributed by atoms with Gasteiger partial charge in [0.15, 0.2) is 0 Å². The second-order valence-corrected chi connectivity index (χ2v) is 5.72. The Kier molecular flexibility index (Phi) is 3.61. The molecular weight excluding hydrogens is 325 g/mol. The number of nitrogens with zero attached hydrogens (tertiary/aromatic N) is 1. The predicted octanol–water partition coefficient (Wildman–Crippen LogP) is 3.99. The maximum Gasteiger partial charge on any atom is 0.255 e. The van der Waals surface area contributed by atoms with Gasteiger partial charge in [-0.3, -0.25) is 4.79 Å². The van der Waals surface area contributed by atoms with E-state index in [1.54, 1.807) is 17.2 Å². The third kappa shape index (κ3) is 2.77. The van der Waals surface area contributed by atoms with Crippen LogP contribution in [0.3, 0.4) is 0 Å². The van der Waals surface area contributed by atoms with Gasteiger partial charge in [0, 0.05) is 10.5 Å². The van der Waals surface area contributed by atoms with E-state index in [1.165, 1.54) is 18.2 Å². The first kappa shape index (κ1) is 13.4. The molecule has 3 nitrogen and oxygen atoms in total. The SMILES string of the molecule is O=C(c1ccc(F)cc1Br)N(Cc1ccco1)C1CC1. The zero-order valence-electron chi connectivity index (χ0n) is 10.7. The molecule has 1 aliphatic rings. The Labute approximate surface area is 124 Å². The first-order valence-corrected chi connectivity index (χ1v) is 7.23. The van der Waals surface area contributed by atoms with Crippen molar-refractivity contribution < 1.29 is 13.6 Å². The molecule has 3 rings (SSSR count). The lowest BCUT2D eigenvalue weighted by Crippen LogP contribution is -2.32. The summed E-state index contributed by atoms with van der Waals surface area (Å²) in [7, 11) is 0. The van der Waals surface area contributed by atoms with E-state index in [0.717, 1.165) is 18.6 Å². The van der Waals surface area contributed by atoms with Gasteiger partial charge in [0.2, 0.25) is 0 Å². The van der Waals surface area contributed by atoms with Gasteiger partial charge in [-0.05, 0) is 59.1 Å². The van der Waals surface area contributed by atoms with Crippen molar-refractivity contribution in [3.63, 3.8) is 0 Å². The minimum absolute atomic E-state index is 0.101. The number of hydrogen-bond donors (Lipinski definition) is 0. The highest BCUT2D eigenvalue weighted by Gasteiger charge is 2.34. The molecule has 1 aliphatic carbocycles. The number of carbonyl (C=O) groups excluding carboxylic acids is 1. The summed E-state index contributed by atoms with van der Waals surface area (Å²) in [5.41, 5.74) is 0.477. The topological polar surface area (TPSA) is 33.5 Å². The Morgan fingerprint density at radius 3 is 2.80 bits per heavy atom. The average Bonchev–Trinajstić information content (AvgIpc) is 3.12. The summed E-state index contributed by atoms with van der Waals surface area (Å²) in [6.07, 6.45) is 3.61. The fourth-order valence-electron chi connectivity index (χ4n) is 2.14. The van der Waals surface area contributed by atoms with Gasteiger partial charge < -0.3 is 9.32 Å². The summed E-state index contributed by atoms with van der Waals surface area (Å²) in [4.78, 5) is 14.4. The third-order valence-corrected chi connectivity index (χ3v) is 3.97. The summed E-state index contributed by atoms with van der Waals surface area (Å²) >= 11 is 3.25. The molecule has 1 heterocycles. The molecule has 5 heteroatoms. The van der Waals surface area contributed by atoms with E-state index in [0.29, 0.717) is 16.6 Å². The molecule has 1 amide bonds. The van der Waals surface area contributed by atoms with Gasteiger partial charge in [-0.1, -0.05) is 0 Å². The molecule has 0 saturated heterocycles. The van der Waals surface area contributed by atoms with Gasteiger partial charge in [0.25, 0.3) is 5.91 Å². The largest absolute Gasteiger partial charge is 0.467 e. The molecule has 0 atom stereocenters. The van der Waals surface area contributed by atoms with Gasteiger partial charge >= 0.3 is 0 Å². The van der Waals surface area contributed by atoms with Crippen LogP contribution < -0.4 is 0 Å². The van der Waals surface area contributed by atoms with Gasteiger partial charge in [-0.25, -0.2) is 4.39 Å². The standard InChI is InChI=1S/C15H13BrFNO2/c16-14-8-10(17)3-6-13(14)15(19)18(11-4-5-11)9-12-2-1-7-20-12/h1-3,6-8,11H,4-5,9H2. The highest BCUT2D eigenvalue weighted by Crippen LogP contribution is 2.31. The van der Waals surface area contributed by atoms with E-state index >= 15 is 0 Å².